The first kappa shape index (κ1) is 11.9. The number of pyridine rings is 1. The molecule has 1 aromatic heterocycles. The largest absolute Gasteiger partial charge is 0.314 e. The third-order valence-corrected chi connectivity index (χ3v) is 2.26. The van der Waals surface area contributed by atoms with Gasteiger partial charge in [0, 0.05) is 18.4 Å². The van der Waals surface area contributed by atoms with Crippen molar-refractivity contribution in [2.45, 2.75) is 33.2 Å². The van der Waals surface area contributed by atoms with E-state index in [1.54, 1.807) is 6.20 Å². The minimum atomic E-state index is 0.567. The van der Waals surface area contributed by atoms with Crippen LogP contribution in [0.15, 0.2) is 30.6 Å². The maximum atomic E-state index is 4.11. The molecule has 0 aliphatic carbocycles. The first-order valence-electron chi connectivity index (χ1n) is 5.50. The number of nitrogens with one attached hydrogen (secondary N) is 1. The van der Waals surface area contributed by atoms with E-state index in [0.29, 0.717) is 6.04 Å². The van der Waals surface area contributed by atoms with Crippen molar-refractivity contribution in [2.24, 2.45) is 0 Å². The zero-order valence-corrected chi connectivity index (χ0v) is 9.83. The van der Waals surface area contributed by atoms with Crippen LogP contribution in [-0.4, -0.2) is 17.6 Å². The van der Waals surface area contributed by atoms with Gasteiger partial charge in [0.1, 0.15) is 0 Å². The smallest absolute Gasteiger partial charge is 0.0342 e. The number of hydrogen-bond donors (Lipinski definition) is 1. The molecule has 0 aliphatic rings. The molecule has 82 valence electrons. The second kappa shape index (κ2) is 6.36. The van der Waals surface area contributed by atoms with Crippen molar-refractivity contribution in [1.29, 1.82) is 0 Å². The normalized spacial score (nSPS) is 12.1. The fourth-order valence-corrected chi connectivity index (χ4v) is 1.37. The highest BCUT2D eigenvalue weighted by Gasteiger charge is 1.94. The first-order chi connectivity index (χ1) is 7.20. The molecular weight excluding hydrogens is 184 g/mol. The zero-order chi connectivity index (χ0) is 11.1. The highest BCUT2D eigenvalue weighted by Crippen LogP contribution is 2.11. The average molecular weight is 204 g/mol. The van der Waals surface area contributed by atoms with Gasteiger partial charge >= 0.3 is 0 Å². The van der Waals surface area contributed by atoms with Crippen molar-refractivity contribution in [3.8, 4) is 0 Å². The summed E-state index contributed by atoms with van der Waals surface area (Å²) in [7, 11) is 0. The quantitative estimate of drug-likeness (QED) is 0.746. The van der Waals surface area contributed by atoms with E-state index < -0.39 is 0 Å². The highest BCUT2D eigenvalue weighted by atomic mass is 14.9. The predicted molar refractivity (Wildman–Crippen MR) is 65.6 cm³/mol. The molecule has 0 atom stereocenters. The fourth-order valence-electron chi connectivity index (χ4n) is 1.37. The van der Waals surface area contributed by atoms with E-state index in [1.165, 1.54) is 11.1 Å². The molecule has 1 rings (SSSR count). The minimum absolute atomic E-state index is 0.567. The van der Waals surface area contributed by atoms with Crippen LogP contribution in [0.2, 0.25) is 0 Å². The summed E-state index contributed by atoms with van der Waals surface area (Å²) in [6.45, 7) is 7.50. The van der Waals surface area contributed by atoms with Crippen LogP contribution >= 0.6 is 0 Å². The topological polar surface area (TPSA) is 24.9 Å². The van der Waals surface area contributed by atoms with Crippen LogP contribution in [-0.2, 0) is 0 Å². The second-order valence-corrected chi connectivity index (χ2v) is 4.03. The monoisotopic (exact) mass is 204 g/mol. The SMILES string of the molecule is CC(=CCCNC(C)C)c1cccnc1. The van der Waals surface area contributed by atoms with E-state index in [2.05, 4.69) is 43.2 Å². The van der Waals surface area contributed by atoms with Gasteiger partial charge < -0.3 is 5.32 Å². The average Bonchev–Trinajstić information content (AvgIpc) is 2.25. The van der Waals surface area contributed by atoms with Gasteiger partial charge in [0.05, 0.1) is 0 Å². The Kier molecular flexibility index (Phi) is 5.05. The molecule has 0 radical (unpaired) electrons. The molecule has 0 saturated heterocycles. The maximum absolute atomic E-state index is 4.11. The van der Waals surface area contributed by atoms with E-state index in [0.717, 1.165) is 13.0 Å². The van der Waals surface area contributed by atoms with Gasteiger partial charge in [-0.15, -0.1) is 0 Å². The number of hydrogen-bond acceptors (Lipinski definition) is 2. The Bertz CT molecular complexity index is 302. The van der Waals surface area contributed by atoms with Gasteiger partial charge in [-0.25, -0.2) is 0 Å². The minimum Gasteiger partial charge on any atom is -0.314 e. The molecule has 2 nitrogen and oxygen atoms in total. The molecule has 1 N–H and O–H groups in total. The van der Waals surface area contributed by atoms with Gasteiger partial charge in [-0.2, -0.15) is 0 Å². The molecule has 0 spiro atoms. The number of allylic oxidation sites excluding steroid dienone is 1. The summed E-state index contributed by atoms with van der Waals surface area (Å²) >= 11 is 0. The van der Waals surface area contributed by atoms with Gasteiger partial charge in [0.25, 0.3) is 0 Å². The lowest BCUT2D eigenvalue weighted by molar-refractivity contribution is 0.595. The molecule has 0 bridgehead atoms. The van der Waals surface area contributed by atoms with Crippen molar-refractivity contribution in [2.75, 3.05) is 6.54 Å². The molecule has 1 aromatic rings. The first-order valence-corrected chi connectivity index (χ1v) is 5.50. The molecule has 0 fully saturated rings. The number of aromatic nitrogens is 1. The van der Waals surface area contributed by atoms with E-state index >= 15 is 0 Å². The van der Waals surface area contributed by atoms with Crippen molar-refractivity contribution >= 4 is 5.57 Å². The van der Waals surface area contributed by atoms with Gasteiger partial charge in [0.15, 0.2) is 0 Å². The zero-order valence-electron chi connectivity index (χ0n) is 9.83. The van der Waals surface area contributed by atoms with Crippen LogP contribution in [0.3, 0.4) is 0 Å². The Morgan fingerprint density at radius 1 is 1.53 bits per heavy atom. The molecule has 0 saturated carbocycles. The molecule has 1 heterocycles. The summed E-state index contributed by atoms with van der Waals surface area (Å²) in [6, 6.07) is 4.63. The van der Waals surface area contributed by atoms with Crippen LogP contribution in [0.5, 0.6) is 0 Å². The molecule has 0 aromatic carbocycles. The maximum Gasteiger partial charge on any atom is 0.0342 e. The predicted octanol–water partition coefficient (Wildman–Crippen LogP) is 2.87. The summed E-state index contributed by atoms with van der Waals surface area (Å²) in [4.78, 5) is 4.11. The van der Waals surface area contributed by atoms with Crippen LogP contribution < -0.4 is 5.32 Å². The lowest BCUT2D eigenvalue weighted by atomic mass is 10.1. The summed E-state index contributed by atoms with van der Waals surface area (Å²) in [5.74, 6) is 0. The van der Waals surface area contributed by atoms with Crippen molar-refractivity contribution < 1.29 is 0 Å². The lowest BCUT2D eigenvalue weighted by Crippen LogP contribution is -2.23. The van der Waals surface area contributed by atoms with Gasteiger partial charge in [0.2, 0.25) is 0 Å². The van der Waals surface area contributed by atoms with Gasteiger partial charge in [-0.05, 0) is 37.1 Å². The van der Waals surface area contributed by atoms with Crippen molar-refractivity contribution in [3.63, 3.8) is 0 Å². The Labute approximate surface area is 92.4 Å². The number of nitrogens with zero attached hydrogens (tertiary/aromatic N) is 1. The Balaban J connectivity index is 2.40. The second-order valence-electron chi connectivity index (χ2n) is 4.03. The van der Waals surface area contributed by atoms with Crippen LogP contribution in [0.1, 0.15) is 32.8 Å². The van der Waals surface area contributed by atoms with Crippen LogP contribution in [0.25, 0.3) is 5.57 Å². The van der Waals surface area contributed by atoms with E-state index in [-0.39, 0.29) is 0 Å². The Morgan fingerprint density at radius 3 is 2.93 bits per heavy atom. The molecule has 0 unspecified atom stereocenters. The van der Waals surface area contributed by atoms with Gasteiger partial charge in [-0.1, -0.05) is 26.0 Å². The Morgan fingerprint density at radius 2 is 2.33 bits per heavy atom. The summed E-state index contributed by atoms with van der Waals surface area (Å²) in [5.41, 5.74) is 2.51. The molecule has 15 heavy (non-hydrogen) atoms. The number of rotatable bonds is 5. The fraction of sp³-hybridized carbons (Fsp3) is 0.462. The molecule has 2 heteroatoms. The molecular formula is C13H20N2. The third kappa shape index (κ3) is 4.75. The van der Waals surface area contributed by atoms with Crippen LogP contribution in [0.4, 0.5) is 0 Å². The highest BCUT2D eigenvalue weighted by molar-refractivity contribution is 5.62. The standard InChI is InChI=1S/C13H20N2/c1-11(2)15-9-4-6-12(3)13-7-5-8-14-10-13/h5-8,10-11,15H,4,9H2,1-3H3. The summed E-state index contributed by atoms with van der Waals surface area (Å²) in [5, 5.41) is 3.39. The molecule has 0 aliphatic heterocycles. The summed E-state index contributed by atoms with van der Waals surface area (Å²) in [6.07, 6.45) is 7.03. The van der Waals surface area contributed by atoms with E-state index in [1.807, 2.05) is 12.3 Å². The lowest BCUT2D eigenvalue weighted by Gasteiger charge is -2.06. The van der Waals surface area contributed by atoms with Gasteiger partial charge in [-0.3, -0.25) is 4.98 Å². The molecule has 0 amide bonds. The summed E-state index contributed by atoms with van der Waals surface area (Å²) < 4.78 is 0. The third-order valence-electron chi connectivity index (χ3n) is 2.26. The van der Waals surface area contributed by atoms with E-state index in [9.17, 15) is 0 Å². The van der Waals surface area contributed by atoms with Crippen molar-refractivity contribution in [1.82, 2.24) is 10.3 Å². The van der Waals surface area contributed by atoms with E-state index in [4.69, 9.17) is 0 Å². The Hall–Kier alpha value is -1.15. The van der Waals surface area contributed by atoms with Crippen molar-refractivity contribution in [3.05, 3.63) is 36.2 Å². The van der Waals surface area contributed by atoms with Crippen LogP contribution in [0, 0.1) is 0 Å².